The fraction of sp³-hybridized carbons (Fsp3) is 0.938. The van der Waals surface area contributed by atoms with Crippen LogP contribution in [0.4, 0.5) is 26.3 Å². The normalized spacial score (nSPS) is 47.5. The summed E-state index contributed by atoms with van der Waals surface area (Å²) in [5, 5.41) is 0. The predicted octanol–water partition coefficient (Wildman–Crippen LogP) is 7.89. The van der Waals surface area contributed by atoms with Gasteiger partial charge in [0.2, 0.25) is 0 Å². The maximum absolute atomic E-state index is 13.7. The van der Waals surface area contributed by atoms with Crippen LogP contribution in [-0.4, -0.2) is 37.5 Å². The topological polar surface area (TPSA) is 52.6 Å². The van der Waals surface area contributed by atoms with Gasteiger partial charge in [0.25, 0.3) is 0 Å². The van der Waals surface area contributed by atoms with Crippen LogP contribution in [0.2, 0.25) is 0 Å². The van der Waals surface area contributed by atoms with Crippen molar-refractivity contribution < 1.29 is 45.4 Å². The van der Waals surface area contributed by atoms with Crippen molar-refractivity contribution in [1.29, 1.82) is 0 Å². The monoisotopic (exact) mass is 604 g/mol. The average Bonchev–Trinajstić information content (AvgIpc) is 2.88. The molecule has 4 atom stereocenters. The van der Waals surface area contributed by atoms with E-state index in [1.54, 1.807) is 0 Å². The van der Waals surface area contributed by atoms with E-state index in [9.17, 15) is 35.9 Å². The standard InChI is InChI=1S/C32H42F6O4/c33-31(34,35)25-21-5-19-6-22(25)12-29(9-19,11-21)27(39)41-15-17-1-2-18(4-3-17)16-42-28(40)30-10-20-7-23(13-30)26(32(36,37)38)24(8-20)14-30/h17-26H,1-16H2. The molecule has 9 saturated carbocycles. The molecule has 0 aromatic heterocycles. The number of ether oxygens (including phenoxy) is 2. The van der Waals surface area contributed by atoms with Gasteiger partial charge in [-0.1, -0.05) is 0 Å². The number of carbonyl (C=O) groups is 2. The molecule has 0 aromatic rings. The highest BCUT2D eigenvalue weighted by molar-refractivity contribution is 5.78. The van der Waals surface area contributed by atoms with E-state index in [4.69, 9.17) is 9.47 Å². The lowest BCUT2D eigenvalue weighted by molar-refractivity contribution is -0.252. The lowest BCUT2D eigenvalue weighted by Gasteiger charge is -2.58. The molecule has 0 amide bonds. The zero-order valence-corrected chi connectivity index (χ0v) is 24.0. The first-order valence-corrected chi connectivity index (χ1v) is 16.2. The molecule has 0 aromatic carbocycles. The van der Waals surface area contributed by atoms with Gasteiger partial charge in [-0.2, -0.15) is 26.3 Å². The minimum absolute atomic E-state index is 0.181. The molecule has 9 rings (SSSR count). The van der Waals surface area contributed by atoms with Crippen LogP contribution in [0.1, 0.15) is 89.9 Å². The van der Waals surface area contributed by atoms with Crippen LogP contribution >= 0.6 is 0 Å². The van der Waals surface area contributed by atoms with Crippen LogP contribution in [0.3, 0.4) is 0 Å². The summed E-state index contributed by atoms with van der Waals surface area (Å²) < 4.78 is 93.8. The largest absolute Gasteiger partial charge is 0.465 e. The van der Waals surface area contributed by atoms with Crippen molar-refractivity contribution in [3.05, 3.63) is 0 Å². The Hall–Kier alpha value is -1.48. The van der Waals surface area contributed by atoms with Crippen LogP contribution < -0.4 is 0 Å². The van der Waals surface area contributed by atoms with E-state index in [0.717, 1.165) is 25.7 Å². The van der Waals surface area contributed by atoms with Crippen LogP contribution in [0.25, 0.3) is 0 Å². The maximum atomic E-state index is 13.7. The Kier molecular flexibility index (Phi) is 6.97. The van der Waals surface area contributed by atoms with E-state index in [1.807, 2.05) is 0 Å². The van der Waals surface area contributed by atoms with Crippen molar-refractivity contribution >= 4 is 11.9 Å². The molecule has 0 saturated heterocycles. The summed E-state index contributed by atoms with van der Waals surface area (Å²) in [4.78, 5) is 26.5. The van der Waals surface area contributed by atoms with Gasteiger partial charge in [0.05, 0.1) is 35.9 Å². The van der Waals surface area contributed by atoms with Crippen LogP contribution in [-0.2, 0) is 19.1 Å². The first-order chi connectivity index (χ1) is 19.7. The molecule has 4 nitrogen and oxygen atoms in total. The van der Waals surface area contributed by atoms with E-state index in [1.165, 1.54) is 0 Å². The number of hydrogen-bond donors (Lipinski definition) is 0. The molecule has 9 aliphatic carbocycles. The summed E-state index contributed by atoms with van der Waals surface area (Å²) in [6.07, 6.45) is -0.372. The second-order valence-electron chi connectivity index (χ2n) is 15.7. The molecule has 42 heavy (non-hydrogen) atoms. The number of alkyl halides is 6. The molecule has 0 spiro atoms. The Morgan fingerprint density at radius 1 is 0.548 bits per heavy atom. The van der Waals surface area contributed by atoms with Crippen molar-refractivity contribution in [2.75, 3.05) is 13.2 Å². The first-order valence-electron chi connectivity index (χ1n) is 16.2. The van der Waals surface area contributed by atoms with Crippen LogP contribution in [0.15, 0.2) is 0 Å². The van der Waals surface area contributed by atoms with E-state index in [0.29, 0.717) is 64.2 Å². The fourth-order valence-corrected chi connectivity index (χ4v) is 11.9. The predicted molar refractivity (Wildman–Crippen MR) is 138 cm³/mol. The highest BCUT2D eigenvalue weighted by Gasteiger charge is 2.66. The number of hydrogen-bond acceptors (Lipinski definition) is 4. The number of rotatable bonds is 6. The zero-order chi connectivity index (χ0) is 29.7. The number of halogens is 6. The van der Waals surface area contributed by atoms with E-state index in [2.05, 4.69) is 0 Å². The van der Waals surface area contributed by atoms with Crippen molar-refractivity contribution in [1.82, 2.24) is 0 Å². The van der Waals surface area contributed by atoms with Gasteiger partial charge in [-0.15, -0.1) is 0 Å². The second-order valence-corrected chi connectivity index (χ2v) is 15.7. The molecular weight excluding hydrogens is 562 g/mol. The molecule has 0 aliphatic heterocycles. The molecule has 10 heteroatoms. The van der Waals surface area contributed by atoms with Crippen LogP contribution in [0, 0.1) is 70.0 Å². The molecular formula is C32H42F6O4. The summed E-state index contributed by atoms with van der Waals surface area (Å²) in [5.41, 5.74) is -1.50. The minimum atomic E-state index is -4.20. The third-order valence-electron chi connectivity index (χ3n) is 13.0. The fourth-order valence-electron chi connectivity index (χ4n) is 11.9. The van der Waals surface area contributed by atoms with Gasteiger partial charge in [-0.25, -0.2) is 0 Å². The lowest BCUT2D eigenvalue weighted by Crippen LogP contribution is -2.57. The van der Waals surface area contributed by atoms with Crippen molar-refractivity contribution in [3.8, 4) is 0 Å². The van der Waals surface area contributed by atoms with Gasteiger partial charge in [0, 0.05) is 0 Å². The van der Waals surface area contributed by atoms with Gasteiger partial charge < -0.3 is 9.47 Å². The van der Waals surface area contributed by atoms with Gasteiger partial charge in [-0.05, 0) is 137 Å². The molecule has 0 N–H and O–H groups in total. The molecule has 4 unspecified atom stereocenters. The molecule has 0 radical (unpaired) electrons. The van der Waals surface area contributed by atoms with Gasteiger partial charge in [-0.3, -0.25) is 9.59 Å². The molecule has 8 bridgehead atoms. The smallest absolute Gasteiger partial charge is 0.392 e. The first kappa shape index (κ1) is 29.2. The van der Waals surface area contributed by atoms with Gasteiger partial charge >= 0.3 is 24.3 Å². The maximum Gasteiger partial charge on any atom is 0.392 e. The minimum Gasteiger partial charge on any atom is -0.465 e. The Morgan fingerprint density at radius 3 is 1.14 bits per heavy atom. The van der Waals surface area contributed by atoms with Crippen molar-refractivity contribution in [3.63, 3.8) is 0 Å². The summed E-state index contributed by atoms with van der Waals surface area (Å²) in [6, 6.07) is 0. The molecule has 9 aliphatic rings. The third kappa shape index (κ3) is 4.96. The van der Waals surface area contributed by atoms with Crippen molar-refractivity contribution in [2.45, 2.75) is 102 Å². The van der Waals surface area contributed by atoms with E-state index < -0.39 is 58.7 Å². The molecule has 0 heterocycles. The number of carbonyl (C=O) groups excluding carboxylic acids is 2. The molecule has 236 valence electrons. The highest BCUT2D eigenvalue weighted by atomic mass is 19.4. The second kappa shape index (κ2) is 10.0. The third-order valence-corrected chi connectivity index (χ3v) is 13.0. The molecule has 9 fully saturated rings. The van der Waals surface area contributed by atoms with E-state index >= 15 is 0 Å². The van der Waals surface area contributed by atoms with Crippen LogP contribution in [0.5, 0.6) is 0 Å². The van der Waals surface area contributed by atoms with Gasteiger partial charge in [0.1, 0.15) is 0 Å². The Morgan fingerprint density at radius 2 is 0.857 bits per heavy atom. The average molecular weight is 605 g/mol. The Balaban J connectivity index is 0.868. The summed E-state index contributed by atoms with van der Waals surface area (Å²) >= 11 is 0. The zero-order valence-electron chi connectivity index (χ0n) is 24.0. The highest BCUT2D eigenvalue weighted by Crippen LogP contribution is 2.66. The Bertz CT molecular complexity index is 962. The SMILES string of the molecule is O=C(OCC1CCC(COC(=O)C23CC4CC(C2)C(C(F)(F)F)C(C4)C3)CC1)C12CC3CC(C1)C(C(F)(F)F)C(C3)C2. The van der Waals surface area contributed by atoms with Gasteiger partial charge in [0.15, 0.2) is 0 Å². The lowest BCUT2D eigenvalue weighted by atomic mass is 9.46. The Labute approximate surface area is 243 Å². The summed E-state index contributed by atoms with van der Waals surface area (Å²) in [6.45, 7) is 0.562. The quantitative estimate of drug-likeness (QED) is 0.229. The summed E-state index contributed by atoms with van der Waals surface area (Å²) in [7, 11) is 0. The van der Waals surface area contributed by atoms with E-state index in [-0.39, 0.29) is 48.8 Å². The summed E-state index contributed by atoms with van der Waals surface area (Å²) in [5.74, 6) is -4.29. The van der Waals surface area contributed by atoms with Crippen molar-refractivity contribution in [2.24, 2.45) is 70.0 Å². The number of esters is 2.